The zero-order chi connectivity index (χ0) is 9.03. The summed E-state index contributed by atoms with van der Waals surface area (Å²) < 4.78 is 5.25. The molecule has 1 fully saturated rings. The lowest BCUT2D eigenvalue weighted by atomic mass is 9.81. The van der Waals surface area contributed by atoms with Gasteiger partial charge in [-0.1, -0.05) is 6.92 Å². The Morgan fingerprint density at radius 1 is 1.75 bits per heavy atom. The number of ether oxygens (including phenoxy) is 1. The number of terminal acetylenes is 1. The minimum Gasteiger partial charge on any atom is -0.389 e. The minimum atomic E-state index is -0.579. The van der Waals surface area contributed by atoms with Crippen molar-refractivity contribution in [2.75, 3.05) is 13.2 Å². The Morgan fingerprint density at radius 3 is 3.08 bits per heavy atom. The van der Waals surface area contributed by atoms with E-state index >= 15 is 0 Å². The first-order chi connectivity index (χ1) is 5.69. The lowest BCUT2D eigenvalue weighted by Crippen LogP contribution is -2.43. The van der Waals surface area contributed by atoms with Crippen LogP contribution in [0.25, 0.3) is 0 Å². The van der Waals surface area contributed by atoms with E-state index in [1.807, 2.05) is 6.92 Å². The predicted molar refractivity (Wildman–Crippen MR) is 47.6 cm³/mol. The number of rotatable bonds is 2. The molecule has 0 bridgehead atoms. The molecule has 0 spiro atoms. The first kappa shape index (κ1) is 9.57. The van der Waals surface area contributed by atoms with Gasteiger partial charge in [-0.15, -0.1) is 12.3 Å². The van der Waals surface area contributed by atoms with Gasteiger partial charge in [0.15, 0.2) is 0 Å². The summed E-state index contributed by atoms with van der Waals surface area (Å²) in [7, 11) is 0. The summed E-state index contributed by atoms with van der Waals surface area (Å²) in [5.41, 5.74) is -0.579. The fourth-order valence-electron chi connectivity index (χ4n) is 1.57. The van der Waals surface area contributed by atoms with Crippen molar-refractivity contribution in [3.8, 4) is 12.3 Å². The predicted octanol–water partition coefficient (Wildman–Crippen LogP) is 1.19. The van der Waals surface area contributed by atoms with Gasteiger partial charge in [-0.2, -0.15) is 0 Å². The van der Waals surface area contributed by atoms with Gasteiger partial charge in [-0.25, -0.2) is 0 Å². The van der Waals surface area contributed by atoms with Crippen LogP contribution in [0.15, 0.2) is 0 Å². The van der Waals surface area contributed by atoms with Crippen molar-refractivity contribution in [3.05, 3.63) is 0 Å². The summed E-state index contributed by atoms with van der Waals surface area (Å²) in [5, 5.41) is 10.1. The molecule has 0 aliphatic carbocycles. The van der Waals surface area contributed by atoms with Crippen LogP contribution in [0.4, 0.5) is 0 Å². The molecule has 68 valence electrons. The maximum Gasteiger partial charge on any atom is 0.0726 e. The van der Waals surface area contributed by atoms with E-state index in [9.17, 15) is 5.11 Å². The third-order valence-electron chi connectivity index (χ3n) is 2.67. The van der Waals surface area contributed by atoms with Crippen LogP contribution in [-0.2, 0) is 4.74 Å². The van der Waals surface area contributed by atoms with Gasteiger partial charge in [0.25, 0.3) is 0 Å². The van der Waals surface area contributed by atoms with Crippen LogP contribution in [-0.4, -0.2) is 23.9 Å². The molecule has 0 amide bonds. The lowest BCUT2D eigenvalue weighted by molar-refractivity contribution is -0.109. The largest absolute Gasteiger partial charge is 0.389 e. The molecule has 0 aromatic rings. The third kappa shape index (κ3) is 2.00. The summed E-state index contributed by atoms with van der Waals surface area (Å²) in [6, 6.07) is 0. The van der Waals surface area contributed by atoms with Crippen LogP contribution in [0.1, 0.15) is 26.2 Å². The van der Waals surface area contributed by atoms with Crippen molar-refractivity contribution < 1.29 is 9.84 Å². The van der Waals surface area contributed by atoms with Crippen molar-refractivity contribution >= 4 is 0 Å². The molecule has 1 heterocycles. The Labute approximate surface area is 73.9 Å². The highest BCUT2D eigenvalue weighted by Gasteiger charge is 2.35. The van der Waals surface area contributed by atoms with E-state index in [1.54, 1.807) is 0 Å². The average molecular weight is 168 g/mol. The molecule has 2 nitrogen and oxygen atoms in total. The quantitative estimate of drug-likeness (QED) is 0.627. The van der Waals surface area contributed by atoms with Gasteiger partial charge in [0.1, 0.15) is 0 Å². The monoisotopic (exact) mass is 168 g/mol. The SMILES string of the molecule is C#CCCC1(O)CCOCC1C. The number of aliphatic hydroxyl groups is 1. The average Bonchev–Trinajstić information content (AvgIpc) is 2.07. The Kier molecular flexibility index (Phi) is 3.13. The molecular weight excluding hydrogens is 152 g/mol. The fourth-order valence-corrected chi connectivity index (χ4v) is 1.57. The smallest absolute Gasteiger partial charge is 0.0726 e. The van der Waals surface area contributed by atoms with E-state index in [4.69, 9.17) is 11.2 Å². The molecule has 2 atom stereocenters. The van der Waals surface area contributed by atoms with Crippen LogP contribution >= 0.6 is 0 Å². The Bertz CT molecular complexity index is 183. The van der Waals surface area contributed by atoms with Crippen LogP contribution < -0.4 is 0 Å². The Morgan fingerprint density at radius 2 is 2.50 bits per heavy atom. The summed E-state index contributed by atoms with van der Waals surface area (Å²) in [4.78, 5) is 0. The lowest BCUT2D eigenvalue weighted by Gasteiger charge is -2.37. The zero-order valence-electron chi connectivity index (χ0n) is 7.55. The van der Waals surface area contributed by atoms with Crippen LogP contribution in [0.2, 0.25) is 0 Å². The van der Waals surface area contributed by atoms with E-state index in [0.717, 1.165) is 6.42 Å². The van der Waals surface area contributed by atoms with Crippen molar-refractivity contribution in [1.29, 1.82) is 0 Å². The second-order valence-corrected chi connectivity index (χ2v) is 3.53. The molecule has 1 rings (SSSR count). The van der Waals surface area contributed by atoms with Gasteiger partial charge < -0.3 is 9.84 Å². The highest BCUT2D eigenvalue weighted by molar-refractivity contribution is 4.92. The van der Waals surface area contributed by atoms with Gasteiger partial charge >= 0.3 is 0 Å². The van der Waals surface area contributed by atoms with Gasteiger partial charge in [-0.3, -0.25) is 0 Å². The van der Waals surface area contributed by atoms with Crippen molar-refractivity contribution in [2.24, 2.45) is 5.92 Å². The summed E-state index contributed by atoms with van der Waals surface area (Å²) >= 11 is 0. The molecule has 12 heavy (non-hydrogen) atoms. The first-order valence-corrected chi connectivity index (χ1v) is 4.42. The summed E-state index contributed by atoms with van der Waals surface area (Å²) in [6.45, 7) is 3.32. The van der Waals surface area contributed by atoms with Gasteiger partial charge in [-0.05, 0) is 12.8 Å². The summed E-state index contributed by atoms with van der Waals surface area (Å²) in [6.07, 6.45) is 7.23. The second-order valence-electron chi connectivity index (χ2n) is 3.53. The van der Waals surface area contributed by atoms with Crippen LogP contribution in [0.3, 0.4) is 0 Å². The normalized spacial score (nSPS) is 35.9. The Balaban J connectivity index is 2.48. The van der Waals surface area contributed by atoms with Crippen molar-refractivity contribution in [2.45, 2.75) is 31.8 Å². The van der Waals surface area contributed by atoms with Gasteiger partial charge in [0.2, 0.25) is 0 Å². The molecule has 0 radical (unpaired) electrons. The minimum absolute atomic E-state index is 0.208. The molecule has 0 aromatic heterocycles. The molecule has 1 aliphatic heterocycles. The van der Waals surface area contributed by atoms with E-state index in [2.05, 4.69) is 5.92 Å². The van der Waals surface area contributed by atoms with E-state index in [0.29, 0.717) is 26.1 Å². The highest BCUT2D eigenvalue weighted by Crippen LogP contribution is 2.30. The molecule has 1 aliphatic rings. The molecule has 0 saturated carbocycles. The standard InChI is InChI=1S/C10H16O2/c1-3-4-5-10(11)6-7-12-8-9(10)2/h1,9,11H,4-8H2,2H3. The van der Waals surface area contributed by atoms with Gasteiger partial charge in [0.05, 0.1) is 12.2 Å². The van der Waals surface area contributed by atoms with E-state index in [1.165, 1.54) is 0 Å². The molecule has 2 unspecified atom stereocenters. The van der Waals surface area contributed by atoms with Crippen LogP contribution in [0.5, 0.6) is 0 Å². The highest BCUT2D eigenvalue weighted by atomic mass is 16.5. The number of hydrogen-bond acceptors (Lipinski definition) is 2. The maximum absolute atomic E-state index is 10.1. The molecule has 1 saturated heterocycles. The van der Waals surface area contributed by atoms with Gasteiger partial charge in [0, 0.05) is 18.9 Å². The topological polar surface area (TPSA) is 29.5 Å². The maximum atomic E-state index is 10.1. The third-order valence-corrected chi connectivity index (χ3v) is 2.67. The second kappa shape index (κ2) is 3.93. The fraction of sp³-hybridized carbons (Fsp3) is 0.800. The molecular formula is C10H16O2. The van der Waals surface area contributed by atoms with Crippen LogP contribution in [0, 0.1) is 18.3 Å². The Hall–Kier alpha value is -0.520. The summed E-state index contributed by atoms with van der Waals surface area (Å²) in [5.74, 6) is 2.77. The first-order valence-electron chi connectivity index (χ1n) is 4.42. The van der Waals surface area contributed by atoms with Crippen molar-refractivity contribution in [3.63, 3.8) is 0 Å². The molecule has 2 heteroatoms. The van der Waals surface area contributed by atoms with Crippen molar-refractivity contribution in [1.82, 2.24) is 0 Å². The molecule has 1 N–H and O–H groups in total. The van der Waals surface area contributed by atoms with E-state index in [-0.39, 0.29) is 5.92 Å². The molecule has 0 aromatic carbocycles. The van der Waals surface area contributed by atoms with E-state index < -0.39 is 5.60 Å². The zero-order valence-corrected chi connectivity index (χ0v) is 7.55. The number of hydrogen-bond donors (Lipinski definition) is 1.